The zero-order chi connectivity index (χ0) is 38.6. The van der Waals surface area contributed by atoms with Gasteiger partial charge in [-0.25, -0.2) is 16.8 Å². The number of hydrogen-bond acceptors (Lipinski definition) is 8. The van der Waals surface area contributed by atoms with Gasteiger partial charge in [0.15, 0.2) is 0 Å². The standard InChI is InChI=1S/C40H48N4O8S2/c1-31-13-17-35(18-14-31)53(47,48)41-37(29-33-9-5-3-6-10-33)39(45)43-21-25-51-27-23-44(24-28-52-26-22-43)40(46)38(30-34-11-7-4-8-12-34)42-54(49,50)36-19-15-32(2)16-20-36/h3-20,37-38,41-42H,21-30H2,1-2H3/t37-,38-/m1/s1. The minimum Gasteiger partial charge on any atom is -0.378 e. The number of amides is 2. The van der Waals surface area contributed by atoms with Gasteiger partial charge in [0.2, 0.25) is 31.9 Å². The average molecular weight is 777 g/mol. The zero-order valence-electron chi connectivity index (χ0n) is 30.6. The van der Waals surface area contributed by atoms with E-state index in [9.17, 15) is 26.4 Å². The average Bonchev–Trinajstić information content (AvgIpc) is 3.15. The number of carbonyl (C=O) groups is 2. The Morgan fingerprint density at radius 3 is 1.17 bits per heavy atom. The molecule has 2 atom stereocenters. The summed E-state index contributed by atoms with van der Waals surface area (Å²) < 4.78 is 70.9. The summed E-state index contributed by atoms with van der Waals surface area (Å²) in [6, 6.07) is 29.1. The molecule has 5 rings (SSSR count). The van der Waals surface area contributed by atoms with Crippen molar-refractivity contribution in [1.82, 2.24) is 19.2 Å². The second-order valence-corrected chi connectivity index (χ2v) is 16.7. The summed E-state index contributed by atoms with van der Waals surface area (Å²) in [4.78, 5) is 31.3. The van der Waals surface area contributed by atoms with Gasteiger partial charge in [-0.2, -0.15) is 9.44 Å². The van der Waals surface area contributed by atoms with E-state index >= 15 is 0 Å². The van der Waals surface area contributed by atoms with E-state index < -0.39 is 43.9 Å². The van der Waals surface area contributed by atoms with E-state index in [0.717, 1.165) is 22.3 Å². The SMILES string of the molecule is Cc1ccc(S(=O)(=O)N[C@H](Cc2ccccc2)C(=O)N2CCOCCN(C(=O)[C@@H](Cc3ccccc3)NS(=O)(=O)c3ccc(C)cc3)CCOCC2)cc1. The summed E-state index contributed by atoms with van der Waals surface area (Å²) in [5.74, 6) is -0.833. The summed E-state index contributed by atoms with van der Waals surface area (Å²) in [5, 5.41) is 0. The van der Waals surface area contributed by atoms with Crippen molar-refractivity contribution in [3.8, 4) is 0 Å². The summed E-state index contributed by atoms with van der Waals surface area (Å²) in [6.07, 6.45) is 0.274. The molecular formula is C40H48N4O8S2. The molecule has 1 aliphatic heterocycles. The van der Waals surface area contributed by atoms with E-state index in [1.807, 2.05) is 74.5 Å². The van der Waals surface area contributed by atoms with Crippen molar-refractivity contribution in [2.45, 2.75) is 48.6 Å². The van der Waals surface area contributed by atoms with Gasteiger partial charge in [0, 0.05) is 26.2 Å². The number of ether oxygens (including phenoxy) is 2. The topological polar surface area (TPSA) is 151 Å². The molecule has 0 aromatic heterocycles. The highest BCUT2D eigenvalue weighted by Gasteiger charge is 2.32. The van der Waals surface area contributed by atoms with Gasteiger partial charge in [-0.3, -0.25) is 9.59 Å². The third kappa shape index (κ3) is 11.8. The summed E-state index contributed by atoms with van der Waals surface area (Å²) in [5.41, 5.74) is 3.40. The number of carbonyl (C=O) groups excluding carboxylic acids is 2. The van der Waals surface area contributed by atoms with Crippen LogP contribution in [-0.4, -0.2) is 103 Å². The van der Waals surface area contributed by atoms with Crippen LogP contribution in [0.3, 0.4) is 0 Å². The van der Waals surface area contributed by atoms with E-state index in [0.29, 0.717) is 0 Å². The van der Waals surface area contributed by atoms with Gasteiger partial charge in [-0.15, -0.1) is 0 Å². The van der Waals surface area contributed by atoms with Crippen LogP contribution in [0, 0.1) is 13.8 Å². The molecule has 2 amide bonds. The first-order valence-electron chi connectivity index (χ1n) is 17.9. The molecule has 1 fully saturated rings. The van der Waals surface area contributed by atoms with Gasteiger partial charge in [0.25, 0.3) is 0 Å². The third-order valence-corrected chi connectivity index (χ3v) is 12.0. The molecule has 4 aromatic rings. The van der Waals surface area contributed by atoms with Crippen LogP contribution in [-0.2, 0) is 52.0 Å². The van der Waals surface area contributed by atoms with E-state index in [4.69, 9.17) is 9.47 Å². The first-order valence-corrected chi connectivity index (χ1v) is 20.9. The number of aryl methyl sites for hydroxylation is 2. The number of benzene rings is 4. The molecular weight excluding hydrogens is 729 g/mol. The molecule has 2 N–H and O–H groups in total. The summed E-state index contributed by atoms with van der Waals surface area (Å²) >= 11 is 0. The molecule has 0 aliphatic carbocycles. The van der Waals surface area contributed by atoms with Crippen LogP contribution in [0.25, 0.3) is 0 Å². The smallest absolute Gasteiger partial charge is 0.241 e. The Balaban J connectivity index is 1.26. The maximum atomic E-state index is 14.1. The lowest BCUT2D eigenvalue weighted by Gasteiger charge is -2.30. The molecule has 12 nitrogen and oxygen atoms in total. The second kappa shape index (κ2) is 19.2. The highest BCUT2D eigenvalue weighted by molar-refractivity contribution is 7.89. The Bertz CT molecular complexity index is 1870. The highest BCUT2D eigenvalue weighted by Crippen LogP contribution is 2.16. The van der Waals surface area contributed by atoms with Crippen molar-refractivity contribution in [3.05, 3.63) is 131 Å². The van der Waals surface area contributed by atoms with Gasteiger partial charge in [-0.1, -0.05) is 96.1 Å². The summed E-state index contributed by atoms with van der Waals surface area (Å²) in [6.45, 7) is 4.80. The Hall–Kier alpha value is -4.44. The van der Waals surface area contributed by atoms with Gasteiger partial charge < -0.3 is 19.3 Å². The van der Waals surface area contributed by atoms with Crippen LogP contribution < -0.4 is 9.44 Å². The Morgan fingerprint density at radius 2 is 0.852 bits per heavy atom. The quantitative estimate of drug-likeness (QED) is 0.222. The fraction of sp³-hybridized carbons (Fsp3) is 0.350. The maximum absolute atomic E-state index is 14.1. The third-order valence-electron chi connectivity index (χ3n) is 9.06. The van der Waals surface area contributed by atoms with Gasteiger partial charge in [-0.05, 0) is 62.1 Å². The minimum absolute atomic E-state index is 0.0624. The molecule has 0 unspecified atom stereocenters. The van der Waals surface area contributed by atoms with E-state index in [-0.39, 0.29) is 75.2 Å². The van der Waals surface area contributed by atoms with Crippen molar-refractivity contribution >= 4 is 31.9 Å². The molecule has 14 heteroatoms. The molecule has 0 radical (unpaired) electrons. The van der Waals surface area contributed by atoms with E-state index in [1.165, 1.54) is 34.1 Å². The molecule has 0 spiro atoms. The van der Waals surface area contributed by atoms with E-state index in [1.54, 1.807) is 24.3 Å². The van der Waals surface area contributed by atoms with Crippen molar-refractivity contribution in [2.24, 2.45) is 0 Å². The Morgan fingerprint density at radius 1 is 0.537 bits per heavy atom. The fourth-order valence-electron chi connectivity index (χ4n) is 6.01. The number of rotatable bonds is 12. The van der Waals surface area contributed by atoms with Crippen LogP contribution in [0.4, 0.5) is 0 Å². The normalized spacial score (nSPS) is 16.1. The largest absolute Gasteiger partial charge is 0.378 e. The fourth-order valence-corrected chi connectivity index (χ4v) is 8.39. The number of sulfonamides is 2. The molecule has 1 saturated heterocycles. The van der Waals surface area contributed by atoms with Crippen molar-refractivity contribution in [1.29, 1.82) is 0 Å². The number of nitrogens with zero attached hydrogens (tertiary/aromatic N) is 2. The number of hydrogen-bond donors (Lipinski definition) is 2. The molecule has 1 aliphatic rings. The highest BCUT2D eigenvalue weighted by atomic mass is 32.2. The van der Waals surface area contributed by atoms with Crippen LogP contribution in [0.5, 0.6) is 0 Å². The molecule has 0 saturated carbocycles. The van der Waals surface area contributed by atoms with Gasteiger partial charge in [0.1, 0.15) is 12.1 Å². The summed E-state index contributed by atoms with van der Waals surface area (Å²) in [7, 11) is -8.06. The monoisotopic (exact) mass is 776 g/mol. The Kier molecular flexibility index (Phi) is 14.5. The zero-order valence-corrected chi connectivity index (χ0v) is 32.2. The Labute approximate surface area is 318 Å². The minimum atomic E-state index is -4.03. The van der Waals surface area contributed by atoms with Crippen LogP contribution in [0.15, 0.2) is 119 Å². The first kappa shape index (κ1) is 40.7. The van der Waals surface area contributed by atoms with Gasteiger partial charge >= 0.3 is 0 Å². The molecule has 288 valence electrons. The van der Waals surface area contributed by atoms with Gasteiger partial charge in [0.05, 0.1) is 36.2 Å². The lowest BCUT2D eigenvalue weighted by molar-refractivity contribution is -0.136. The van der Waals surface area contributed by atoms with Crippen molar-refractivity contribution in [3.63, 3.8) is 0 Å². The van der Waals surface area contributed by atoms with Crippen molar-refractivity contribution in [2.75, 3.05) is 52.6 Å². The second-order valence-electron chi connectivity index (χ2n) is 13.2. The molecule has 0 bridgehead atoms. The molecule has 1 heterocycles. The number of nitrogens with one attached hydrogen (secondary N) is 2. The molecule has 4 aromatic carbocycles. The van der Waals surface area contributed by atoms with E-state index in [2.05, 4.69) is 9.44 Å². The lowest BCUT2D eigenvalue weighted by atomic mass is 10.1. The van der Waals surface area contributed by atoms with Crippen LogP contribution in [0.2, 0.25) is 0 Å². The lowest BCUT2D eigenvalue weighted by Crippen LogP contribution is -2.52. The predicted molar refractivity (Wildman–Crippen MR) is 206 cm³/mol. The van der Waals surface area contributed by atoms with Crippen LogP contribution in [0.1, 0.15) is 22.3 Å². The van der Waals surface area contributed by atoms with Crippen molar-refractivity contribution < 1.29 is 35.9 Å². The molecule has 54 heavy (non-hydrogen) atoms. The first-order chi connectivity index (χ1) is 25.9. The van der Waals surface area contributed by atoms with Crippen LogP contribution >= 0.6 is 0 Å². The predicted octanol–water partition coefficient (Wildman–Crippen LogP) is 3.49. The maximum Gasteiger partial charge on any atom is 0.241 e.